The predicted octanol–water partition coefficient (Wildman–Crippen LogP) is 10.9. The number of aromatic amines is 2. The van der Waals surface area contributed by atoms with Crippen LogP contribution in [0.1, 0.15) is 180 Å². The molecular formula is C55H75N4O6-. The second-order valence-corrected chi connectivity index (χ2v) is 19.8. The molecule has 0 radical (unpaired) electrons. The maximum Gasteiger partial charge on any atom is 0.321 e. The molecule has 1 saturated heterocycles. The molecule has 352 valence electrons. The van der Waals surface area contributed by atoms with Gasteiger partial charge in [-0.2, -0.15) is 0 Å². The number of aromatic nitrogens is 3. The molecule has 1 aliphatic carbocycles. The van der Waals surface area contributed by atoms with Gasteiger partial charge in [0.05, 0.1) is 12.8 Å². The average molecular weight is 888 g/mol. The molecule has 0 unspecified atom stereocenters. The number of carbonyl (C=O) groups excluding carboxylic acids is 3. The number of Topliss-reactive ketones (excluding diaryl/α,β-unsaturated/α-hetero) is 1. The average Bonchev–Trinajstić information content (AvgIpc) is 3.99. The molecule has 0 saturated carbocycles. The third kappa shape index (κ3) is 10.6. The molecule has 1 fully saturated rings. The molecule has 10 nitrogen and oxygen atoms in total. The predicted molar refractivity (Wildman–Crippen MR) is 264 cm³/mol. The van der Waals surface area contributed by atoms with Gasteiger partial charge in [-0.3, -0.25) is 14.4 Å². The number of nitrogens with zero attached hydrogens (tertiary/aromatic N) is 1. The lowest BCUT2D eigenvalue weighted by Crippen LogP contribution is -2.25. The fourth-order valence-corrected chi connectivity index (χ4v) is 10.5. The number of hydrogen-bond donors (Lipinski definition) is 3. The van der Waals surface area contributed by atoms with Crippen LogP contribution in [0, 0.1) is 61.5 Å². The molecule has 8 bridgehead atoms. The van der Waals surface area contributed by atoms with Gasteiger partial charge < -0.3 is 34.7 Å². The van der Waals surface area contributed by atoms with Crippen molar-refractivity contribution in [1.82, 2.24) is 20.0 Å². The van der Waals surface area contributed by atoms with E-state index in [0.717, 1.165) is 85.7 Å². The molecular weight excluding hydrogens is 813 g/mol. The maximum absolute atomic E-state index is 14.4. The Bertz CT molecular complexity index is 2500. The quantitative estimate of drug-likeness (QED) is 0.0583. The normalized spacial score (nSPS) is 21.8. The van der Waals surface area contributed by atoms with Crippen LogP contribution in [0.3, 0.4) is 0 Å². The molecule has 10 heteroatoms. The minimum Gasteiger partial charge on any atom is -0.805 e. The SMILES string of the molecule is C=Cc1c(C)c2n([O-])c1/C=c1\[nH]/c(c(CC)c1C)=C\c1[nH]c3c(c1C)C(=O)[C@H](C(=O)OC)/C3=C1/N/C(=C\2)[C@@H](C)[C@@H]1CCC(=O)OC/C=C(/C)CCC[C@H](C)CCC[C@H](C)CCCC(C)C. The fourth-order valence-electron chi connectivity index (χ4n) is 10.5. The summed E-state index contributed by atoms with van der Waals surface area (Å²) in [5, 5.41) is 19.6. The van der Waals surface area contributed by atoms with Gasteiger partial charge in [0.15, 0.2) is 5.78 Å². The summed E-state index contributed by atoms with van der Waals surface area (Å²) in [5.74, 6) is -0.751. The van der Waals surface area contributed by atoms with Crippen LogP contribution in [0.25, 0.3) is 29.9 Å². The Morgan fingerprint density at radius 3 is 2.22 bits per heavy atom. The van der Waals surface area contributed by atoms with Gasteiger partial charge in [0.1, 0.15) is 12.5 Å². The summed E-state index contributed by atoms with van der Waals surface area (Å²) < 4.78 is 12.0. The molecule has 2 aliphatic heterocycles. The van der Waals surface area contributed by atoms with E-state index in [4.69, 9.17) is 9.47 Å². The van der Waals surface area contributed by atoms with Gasteiger partial charge in [-0.05, 0) is 118 Å². The van der Waals surface area contributed by atoms with E-state index in [0.29, 0.717) is 46.3 Å². The van der Waals surface area contributed by atoms with E-state index in [1.807, 2.05) is 52.0 Å². The molecule has 0 spiro atoms. The summed E-state index contributed by atoms with van der Waals surface area (Å²) in [6.45, 7) is 25.8. The monoisotopic (exact) mass is 888 g/mol. The van der Waals surface area contributed by atoms with Crippen LogP contribution in [0.15, 0.2) is 29.6 Å². The van der Waals surface area contributed by atoms with Crippen LogP contribution < -0.4 is 16.0 Å². The number of rotatable bonds is 20. The van der Waals surface area contributed by atoms with E-state index in [9.17, 15) is 19.6 Å². The van der Waals surface area contributed by atoms with Crippen LogP contribution in [0.4, 0.5) is 0 Å². The Morgan fingerprint density at radius 1 is 0.892 bits per heavy atom. The Morgan fingerprint density at radius 2 is 1.57 bits per heavy atom. The fraction of sp³-hybridized carbons (Fsp3) is 0.545. The minimum atomic E-state index is -1.20. The summed E-state index contributed by atoms with van der Waals surface area (Å²) in [4.78, 5) is 48.6. The standard InChI is InChI=1S/C55H75N4O6/c1-13-39-35(8)43-30-47-40(14-2)37(10)46(59(47)63)29-44-36(9)41(52(57-44)50-51(55(62)64-12)54(61)49-38(11)42(58-53(49)50)28-45(39)56-43)24-25-48(60)65-27-26-34(7)23-17-22-33(6)21-16-20-32(5)19-15-18-31(3)4/h14,26,28-33,36,41,51,56-58H,2,13,15-25,27H2,1,3-12H3/q-1/b34-26-,43-30-,44-29-,45-28-,52-50-/t32-,33-,36+,41+,51-/m1/s1. The minimum absolute atomic E-state index is 0.124. The lowest BCUT2D eigenvalue weighted by Gasteiger charge is -2.19. The zero-order chi connectivity index (χ0) is 47.3. The van der Waals surface area contributed by atoms with Crippen LogP contribution in [-0.4, -0.2) is 46.1 Å². The van der Waals surface area contributed by atoms with Crippen LogP contribution >= 0.6 is 0 Å². The number of H-pyrrole nitrogens is 2. The van der Waals surface area contributed by atoms with Crippen LogP contribution in [0.5, 0.6) is 0 Å². The van der Waals surface area contributed by atoms with E-state index in [2.05, 4.69) is 63.4 Å². The molecule has 65 heavy (non-hydrogen) atoms. The second-order valence-electron chi connectivity index (χ2n) is 19.8. The molecule has 3 aromatic rings. The lowest BCUT2D eigenvalue weighted by molar-refractivity contribution is -0.143. The van der Waals surface area contributed by atoms with Gasteiger partial charge in [0.2, 0.25) is 0 Å². The van der Waals surface area contributed by atoms with E-state index in [-0.39, 0.29) is 36.6 Å². The van der Waals surface area contributed by atoms with Crippen LogP contribution in [0.2, 0.25) is 0 Å². The highest BCUT2D eigenvalue weighted by Gasteiger charge is 2.48. The Balaban J connectivity index is 1.23. The Kier molecular flexibility index (Phi) is 16.2. The number of ether oxygens (including phenoxy) is 2. The van der Waals surface area contributed by atoms with Crippen molar-refractivity contribution in [2.24, 2.45) is 35.5 Å². The molecule has 3 N–H and O–H groups in total. The summed E-state index contributed by atoms with van der Waals surface area (Å²) >= 11 is 0. The highest BCUT2D eigenvalue weighted by Crippen LogP contribution is 2.48. The first-order valence-corrected chi connectivity index (χ1v) is 24.4. The number of ketones is 1. The van der Waals surface area contributed by atoms with Gasteiger partial charge in [-0.1, -0.05) is 105 Å². The number of fused-ring (bicyclic) bond motifs is 7. The van der Waals surface area contributed by atoms with Crippen molar-refractivity contribution in [3.05, 3.63) is 102 Å². The topological polar surface area (TPSA) is 141 Å². The van der Waals surface area contributed by atoms with E-state index in [1.165, 1.54) is 57.6 Å². The van der Waals surface area contributed by atoms with Crippen molar-refractivity contribution < 1.29 is 23.9 Å². The Labute approximate surface area is 387 Å². The van der Waals surface area contributed by atoms with Crippen molar-refractivity contribution >= 4 is 47.6 Å². The van der Waals surface area contributed by atoms with Crippen molar-refractivity contribution in [3.63, 3.8) is 0 Å². The second kappa shape index (κ2) is 21.4. The summed E-state index contributed by atoms with van der Waals surface area (Å²) in [5.41, 5.74) is 10.2. The van der Waals surface area contributed by atoms with Gasteiger partial charge in [0, 0.05) is 74.1 Å². The third-order valence-corrected chi connectivity index (χ3v) is 14.7. The molecule has 6 rings (SSSR count). The van der Waals surface area contributed by atoms with Crippen molar-refractivity contribution in [2.75, 3.05) is 13.7 Å². The number of nitrogens with one attached hydrogen (secondary N) is 3. The highest BCUT2D eigenvalue weighted by molar-refractivity contribution is 6.24. The molecule has 3 aliphatic rings. The molecule has 5 atom stereocenters. The third-order valence-electron chi connectivity index (χ3n) is 14.7. The number of carbonyl (C=O) groups is 3. The Hall–Kier alpha value is -5.25. The number of methoxy groups -OCH3 is 1. The number of esters is 2. The molecule has 3 aromatic heterocycles. The first-order valence-electron chi connectivity index (χ1n) is 24.4. The van der Waals surface area contributed by atoms with Crippen molar-refractivity contribution in [3.8, 4) is 0 Å². The maximum atomic E-state index is 14.4. The van der Waals surface area contributed by atoms with E-state index in [1.54, 1.807) is 6.08 Å². The largest absolute Gasteiger partial charge is 0.805 e. The summed E-state index contributed by atoms with van der Waals surface area (Å²) in [6, 6.07) is 0. The van der Waals surface area contributed by atoms with Gasteiger partial charge in [-0.15, -0.1) is 0 Å². The van der Waals surface area contributed by atoms with Gasteiger partial charge in [0.25, 0.3) is 0 Å². The van der Waals surface area contributed by atoms with E-state index >= 15 is 0 Å². The summed E-state index contributed by atoms with van der Waals surface area (Å²) in [6.07, 6.45) is 22.0. The first kappa shape index (κ1) is 49.2. The van der Waals surface area contributed by atoms with E-state index < -0.39 is 11.9 Å². The smallest absolute Gasteiger partial charge is 0.321 e. The van der Waals surface area contributed by atoms with Crippen molar-refractivity contribution in [2.45, 2.75) is 146 Å². The molecule has 0 aromatic carbocycles. The van der Waals surface area contributed by atoms with Crippen LogP contribution in [-0.2, 0) is 25.5 Å². The first-order chi connectivity index (χ1) is 31.0. The highest BCUT2D eigenvalue weighted by atomic mass is 16.5. The lowest BCUT2D eigenvalue weighted by atomic mass is 9.85. The zero-order valence-electron chi connectivity index (χ0n) is 41.1. The number of allylic oxidation sites excluding steroid dienone is 3. The molecule has 0 amide bonds. The zero-order valence-corrected chi connectivity index (χ0v) is 41.1. The van der Waals surface area contributed by atoms with Gasteiger partial charge in [-0.25, -0.2) is 0 Å². The van der Waals surface area contributed by atoms with Gasteiger partial charge >= 0.3 is 11.9 Å². The van der Waals surface area contributed by atoms with Crippen molar-refractivity contribution in [1.29, 1.82) is 0 Å². The molecule has 5 heterocycles. The number of hydrogen-bond acceptors (Lipinski definition) is 7. The summed E-state index contributed by atoms with van der Waals surface area (Å²) in [7, 11) is 1.29.